The van der Waals surface area contributed by atoms with Gasteiger partial charge in [-0.3, -0.25) is 4.79 Å². The lowest BCUT2D eigenvalue weighted by Gasteiger charge is -2.12. The predicted molar refractivity (Wildman–Crippen MR) is 169 cm³/mol. The molecule has 10 nitrogen and oxygen atoms in total. The van der Waals surface area contributed by atoms with E-state index in [2.05, 4.69) is 10.3 Å². The summed E-state index contributed by atoms with van der Waals surface area (Å²) >= 11 is 23.6. The molecule has 0 aliphatic rings. The summed E-state index contributed by atoms with van der Waals surface area (Å²) in [5.74, 6) is 0.370. The highest BCUT2D eigenvalue weighted by atomic mass is 35.5. The van der Waals surface area contributed by atoms with Crippen LogP contribution in [0.3, 0.4) is 0 Å². The Hall–Kier alpha value is -3.57. The Balaban J connectivity index is 0.000000404. The topological polar surface area (TPSA) is 153 Å². The van der Waals surface area contributed by atoms with Gasteiger partial charge in [0.25, 0.3) is 5.91 Å². The Kier molecular flexibility index (Phi) is 11.9. The third-order valence-corrected chi connectivity index (χ3v) is 8.40. The molecule has 1 aromatic heterocycles. The molecular weight excluding hydrogens is 696 g/mol. The SMILES string of the molecule is CS(=O)(=O)c1ccc(NC(=O)COc2cc(Cl)cc(Oc3cc(Cl)cc(C#N)c3)c2)c(Cl)c1.CS(=O)(=O)c1ccnc(Cl)c1. The molecule has 0 radical (unpaired) electrons. The molecule has 0 fully saturated rings. The van der Waals surface area contributed by atoms with Crippen molar-refractivity contribution in [3.63, 3.8) is 0 Å². The first kappa shape index (κ1) is 34.9. The molecule has 1 N–H and O–H groups in total. The van der Waals surface area contributed by atoms with Crippen LogP contribution < -0.4 is 14.8 Å². The number of hydrogen-bond donors (Lipinski definition) is 1. The molecule has 0 bridgehead atoms. The van der Waals surface area contributed by atoms with Crippen LogP contribution in [0.4, 0.5) is 5.69 Å². The molecule has 230 valence electrons. The van der Waals surface area contributed by atoms with E-state index in [1.165, 1.54) is 72.9 Å². The molecular formula is C28H21Cl4N3O7S2. The van der Waals surface area contributed by atoms with Crippen molar-refractivity contribution in [1.82, 2.24) is 4.98 Å². The molecule has 4 aromatic rings. The Labute approximate surface area is 273 Å². The number of ether oxygens (including phenoxy) is 2. The lowest BCUT2D eigenvalue weighted by Crippen LogP contribution is -2.20. The van der Waals surface area contributed by atoms with E-state index in [0.717, 1.165) is 12.5 Å². The van der Waals surface area contributed by atoms with E-state index in [9.17, 15) is 21.6 Å². The largest absolute Gasteiger partial charge is 0.484 e. The van der Waals surface area contributed by atoms with Gasteiger partial charge in [-0.1, -0.05) is 46.4 Å². The summed E-state index contributed by atoms with van der Waals surface area (Å²) in [4.78, 5) is 16.1. The molecule has 0 atom stereocenters. The monoisotopic (exact) mass is 715 g/mol. The summed E-state index contributed by atoms with van der Waals surface area (Å²) in [6.07, 6.45) is 3.54. The van der Waals surface area contributed by atoms with E-state index in [1.807, 2.05) is 6.07 Å². The number of pyridine rings is 1. The van der Waals surface area contributed by atoms with Crippen molar-refractivity contribution in [3.05, 3.63) is 98.7 Å². The van der Waals surface area contributed by atoms with Gasteiger partial charge in [-0.05, 0) is 60.7 Å². The number of sulfone groups is 2. The number of nitrogens with zero attached hydrogens (tertiary/aromatic N) is 2. The number of halogens is 4. The van der Waals surface area contributed by atoms with Crippen LogP contribution in [0.15, 0.2) is 82.7 Å². The molecule has 0 aliphatic heterocycles. The van der Waals surface area contributed by atoms with Crippen molar-refractivity contribution < 1.29 is 31.1 Å². The number of nitriles is 1. The lowest BCUT2D eigenvalue weighted by molar-refractivity contribution is -0.118. The second kappa shape index (κ2) is 14.9. The van der Waals surface area contributed by atoms with E-state index in [4.69, 9.17) is 61.1 Å². The van der Waals surface area contributed by atoms with Crippen LogP contribution in [0, 0.1) is 11.3 Å². The van der Waals surface area contributed by atoms with Crippen molar-refractivity contribution >= 4 is 77.7 Å². The molecule has 0 aliphatic carbocycles. The van der Waals surface area contributed by atoms with Crippen molar-refractivity contribution in [2.75, 3.05) is 24.4 Å². The van der Waals surface area contributed by atoms with Crippen molar-refractivity contribution in [2.45, 2.75) is 9.79 Å². The highest BCUT2D eigenvalue weighted by molar-refractivity contribution is 7.91. The average molecular weight is 717 g/mol. The third kappa shape index (κ3) is 10.9. The maximum atomic E-state index is 12.3. The van der Waals surface area contributed by atoms with Gasteiger partial charge in [0, 0.05) is 34.8 Å². The van der Waals surface area contributed by atoms with Crippen LogP contribution in [0.25, 0.3) is 0 Å². The van der Waals surface area contributed by atoms with Gasteiger partial charge in [0.05, 0.1) is 32.1 Å². The van der Waals surface area contributed by atoms with Crippen LogP contribution in [0.2, 0.25) is 20.2 Å². The van der Waals surface area contributed by atoms with Gasteiger partial charge in [-0.25, -0.2) is 21.8 Å². The first-order valence-corrected chi connectivity index (χ1v) is 17.3. The number of amides is 1. The van der Waals surface area contributed by atoms with Crippen LogP contribution in [-0.2, 0) is 24.5 Å². The van der Waals surface area contributed by atoms with E-state index in [-0.39, 0.29) is 38.0 Å². The number of aromatic nitrogens is 1. The number of hydrogen-bond acceptors (Lipinski definition) is 9. The second-order valence-electron chi connectivity index (χ2n) is 8.85. The Morgan fingerprint density at radius 3 is 1.98 bits per heavy atom. The van der Waals surface area contributed by atoms with Crippen molar-refractivity contribution in [1.29, 1.82) is 5.26 Å². The highest BCUT2D eigenvalue weighted by Gasteiger charge is 2.13. The molecule has 1 heterocycles. The van der Waals surface area contributed by atoms with Gasteiger partial charge < -0.3 is 14.8 Å². The summed E-state index contributed by atoms with van der Waals surface area (Å²) in [5, 5.41) is 12.5. The molecule has 0 spiro atoms. The maximum Gasteiger partial charge on any atom is 0.262 e. The zero-order valence-corrected chi connectivity index (χ0v) is 27.4. The van der Waals surface area contributed by atoms with Gasteiger partial charge >= 0.3 is 0 Å². The first-order chi connectivity index (χ1) is 20.5. The average Bonchev–Trinajstić information content (AvgIpc) is 2.92. The fourth-order valence-corrected chi connectivity index (χ4v) is 5.53. The summed E-state index contributed by atoms with van der Waals surface area (Å²) in [6.45, 7) is -0.375. The zero-order chi connectivity index (χ0) is 32.7. The summed E-state index contributed by atoms with van der Waals surface area (Å²) in [7, 11) is -6.57. The predicted octanol–water partition coefficient (Wildman–Crippen LogP) is 6.87. The highest BCUT2D eigenvalue weighted by Crippen LogP contribution is 2.32. The maximum absolute atomic E-state index is 12.3. The minimum absolute atomic E-state index is 0.0369. The summed E-state index contributed by atoms with van der Waals surface area (Å²) < 4.78 is 56.2. The number of anilines is 1. The first-order valence-electron chi connectivity index (χ1n) is 12.0. The fraction of sp³-hybridized carbons (Fsp3) is 0.107. The minimum atomic E-state index is -3.42. The quantitative estimate of drug-likeness (QED) is 0.193. The number of benzene rings is 3. The normalized spacial score (nSPS) is 11.0. The minimum Gasteiger partial charge on any atom is -0.484 e. The van der Waals surface area contributed by atoms with E-state index in [0.29, 0.717) is 27.1 Å². The Bertz CT molecular complexity index is 1970. The third-order valence-electron chi connectivity index (χ3n) is 5.22. The number of rotatable bonds is 8. The second-order valence-corrected chi connectivity index (χ2v) is 14.5. The van der Waals surface area contributed by atoms with Crippen LogP contribution in [-0.4, -0.2) is 46.8 Å². The smallest absolute Gasteiger partial charge is 0.262 e. The van der Waals surface area contributed by atoms with E-state index < -0.39 is 25.6 Å². The fourth-order valence-electron chi connectivity index (χ4n) is 3.28. The molecule has 4 rings (SSSR count). The molecule has 1 amide bonds. The van der Waals surface area contributed by atoms with Gasteiger partial charge in [-0.2, -0.15) is 5.26 Å². The molecule has 0 saturated heterocycles. The Morgan fingerprint density at radius 1 is 0.818 bits per heavy atom. The lowest BCUT2D eigenvalue weighted by atomic mass is 10.2. The van der Waals surface area contributed by atoms with Crippen molar-refractivity contribution in [2.24, 2.45) is 0 Å². The Morgan fingerprint density at radius 2 is 1.41 bits per heavy atom. The molecule has 16 heteroatoms. The number of carbonyl (C=O) groups is 1. The summed E-state index contributed by atoms with van der Waals surface area (Å²) in [6, 6.07) is 17.8. The molecule has 3 aromatic carbocycles. The standard InChI is InChI=1S/C22H15Cl3N2O5S.C6H6ClNO2S/c1-33(29,30)19-2-3-21(20(25)10-19)27-22(28)12-31-16-6-15(24)8-18(9-16)32-17-5-13(11-26)4-14(23)7-17;1-11(9,10)5-2-3-8-6(7)4-5/h2-10H,12H2,1H3,(H,27,28);2-4H,1H3. The molecule has 44 heavy (non-hydrogen) atoms. The number of nitrogens with one attached hydrogen (secondary N) is 1. The van der Waals surface area contributed by atoms with Crippen LogP contribution >= 0.6 is 46.4 Å². The van der Waals surface area contributed by atoms with Crippen LogP contribution in [0.1, 0.15) is 5.56 Å². The van der Waals surface area contributed by atoms with Gasteiger partial charge in [0.15, 0.2) is 26.3 Å². The van der Waals surface area contributed by atoms with E-state index in [1.54, 1.807) is 0 Å². The van der Waals surface area contributed by atoms with E-state index >= 15 is 0 Å². The summed E-state index contributed by atoms with van der Waals surface area (Å²) in [5.41, 5.74) is 0.568. The van der Waals surface area contributed by atoms with Gasteiger partial charge in [-0.15, -0.1) is 0 Å². The number of carbonyl (C=O) groups excluding carboxylic acids is 1. The van der Waals surface area contributed by atoms with Gasteiger partial charge in [0.2, 0.25) is 0 Å². The van der Waals surface area contributed by atoms with Crippen LogP contribution in [0.5, 0.6) is 17.2 Å². The van der Waals surface area contributed by atoms with Crippen molar-refractivity contribution in [3.8, 4) is 23.3 Å². The van der Waals surface area contributed by atoms with Gasteiger partial charge in [0.1, 0.15) is 22.4 Å². The molecule has 0 saturated carbocycles. The zero-order valence-electron chi connectivity index (χ0n) is 22.7. The molecule has 0 unspecified atom stereocenters.